The second kappa shape index (κ2) is 9.60. The Morgan fingerprint density at radius 2 is 1.31 bits per heavy atom. The van der Waals surface area contributed by atoms with Gasteiger partial charge in [0.05, 0.1) is 0 Å². The first-order valence-electron chi connectivity index (χ1n) is 9.55. The van der Waals surface area contributed by atoms with Crippen molar-refractivity contribution in [3.63, 3.8) is 0 Å². The first kappa shape index (κ1) is 18.7. The molecule has 0 atom stereocenters. The molecule has 1 heteroatoms. The number of unbranched alkanes of at least 4 members (excludes halogenated alkanes) is 4. The van der Waals surface area contributed by atoms with Gasteiger partial charge in [-0.05, 0) is 65.9 Å². The number of hydrogen-bond donors (Lipinski definition) is 0. The molecule has 0 unspecified atom stereocenters. The molecule has 0 saturated carbocycles. The van der Waals surface area contributed by atoms with Crippen LogP contribution in [0, 0.1) is 11.8 Å². The van der Waals surface area contributed by atoms with Crippen molar-refractivity contribution in [2.45, 2.75) is 45.4 Å². The Kier molecular flexibility index (Phi) is 6.92. The first-order chi connectivity index (χ1) is 12.7. The van der Waals surface area contributed by atoms with E-state index in [1.54, 1.807) is 0 Å². The van der Waals surface area contributed by atoms with Gasteiger partial charge in [-0.2, -0.15) is 0 Å². The molecule has 0 N–H and O–H groups in total. The minimum atomic E-state index is 1.07. The molecule has 0 heterocycles. The van der Waals surface area contributed by atoms with E-state index in [1.807, 2.05) is 0 Å². The van der Waals surface area contributed by atoms with Crippen molar-refractivity contribution in [1.82, 2.24) is 0 Å². The van der Waals surface area contributed by atoms with Crippen LogP contribution in [0.1, 0.15) is 55.7 Å². The number of benzene rings is 1. The van der Waals surface area contributed by atoms with Crippen LogP contribution in [-0.2, 0) is 6.42 Å². The van der Waals surface area contributed by atoms with Crippen molar-refractivity contribution >= 4 is 15.9 Å². The molecule has 3 rings (SSSR count). The van der Waals surface area contributed by atoms with Crippen LogP contribution < -0.4 is 0 Å². The molecule has 0 nitrogen and oxygen atoms in total. The average molecular weight is 405 g/mol. The van der Waals surface area contributed by atoms with Crippen LogP contribution in [0.25, 0.3) is 11.1 Å². The summed E-state index contributed by atoms with van der Waals surface area (Å²) in [5.41, 5.74) is 6.02. The van der Waals surface area contributed by atoms with Gasteiger partial charge in [0, 0.05) is 15.6 Å². The van der Waals surface area contributed by atoms with Gasteiger partial charge in [0.1, 0.15) is 0 Å². The summed E-state index contributed by atoms with van der Waals surface area (Å²) >= 11 is 3.51. The average Bonchev–Trinajstić information content (AvgIpc) is 2.98. The summed E-state index contributed by atoms with van der Waals surface area (Å²) in [5.74, 6) is 6.59. The van der Waals surface area contributed by atoms with E-state index in [1.165, 1.54) is 55.2 Å². The SMILES string of the molecule is CCCCCCCc1ccc(C#Cc2cc3ccc(Br)ccc-3c2)cc1. The molecule has 0 saturated heterocycles. The van der Waals surface area contributed by atoms with Gasteiger partial charge in [0.15, 0.2) is 0 Å². The molecule has 2 aliphatic carbocycles. The quantitative estimate of drug-likeness (QED) is 0.295. The summed E-state index contributed by atoms with van der Waals surface area (Å²) in [6, 6.07) is 21.4. The Morgan fingerprint density at radius 1 is 0.692 bits per heavy atom. The zero-order valence-corrected chi connectivity index (χ0v) is 17.0. The van der Waals surface area contributed by atoms with E-state index in [-0.39, 0.29) is 0 Å². The summed E-state index contributed by atoms with van der Waals surface area (Å²) < 4.78 is 1.09. The molecule has 0 fully saturated rings. The van der Waals surface area contributed by atoms with E-state index >= 15 is 0 Å². The van der Waals surface area contributed by atoms with Gasteiger partial charge >= 0.3 is 0 Å². The highest BCUT2D eigenvalue weighted by Crippen LogP contribution is 2.26. The van der Waals surface area contributed by atoms with Crippen LogP contribution in [0.5, 0.6) is 0 Å². The summed E-state index contributed by atoms with van der Waals surface area (Å²) in [5, 5.41) is 0. The zero-order chi connectivity index (χ0) is 18.2. The van der Waals surface area contributed by atoms with E-state index in [0.29, 0.717) is 0 Å². The van der Waals surface area contributed by atoms with Crippen molar-refractivity contribution in [2.24, 2.45) is 0 Å². The monoisotopic (exact) mass is 404 g/mol. The number of fused-ring (bicyclic) bond motifs is 1. The van der Waals surface area contributed by atoms with Crippen LogP contribution in [-0.4, -0.2) is 0 Å². The van der Waals surface area contributed by atoms with E-state index < -0.39 is 0 Å². The molecule has 0 aliphatic heterocycles. The maximum Gasteiger partial charge on any atom is 0.0261 e. The van der Waals surface area contributed by atoms with Crippen LogP contribution in [0.2, 0.25) is 0 Å². The molecule has 0 spiro atoms. The minimum absolute atomic E-state index is 1.07. The molecule has 2 aliphatic rings. The third-order valence-corrected chi connectivity index (χ3v) is 5.20. The molecular formula is C25H25Br. The fraction of sp³-hybridized carbons (Fsp3) is 0.280. The molecule has 0 radical (unpaired) electrons. The van der Waals surface area contributed by atoms with Gasteiger partial charge in [-0.15, -0.1) is 0 Å². The fourth-order valence-electron chi connectivity index (χ4n) is 3.13. The van der Waals surface area contributed by atoms with Gasteiger partial charge in [0.25, 0.3) is 0 Å². The second-order valence-corrected chi connectivity index (χ2v) is 7.73. The lowest BCUT2D eigenvalue weighted by Gasteiger charge is -2.01. The van der Waals surface area contributed by atoms with Crippen LogP contribution in [0.15, 0.2) is 65.1 Å². The molecular weight excluding hydrogens is 380 g/mol. The number of halogens is 1. The maximum absolute atomic E-state index is 3.51. The molecule has 1 aromatic carbocycles. The van der Waals surface area contributed by atoms with Crippen molar-refractivity contribution in [2.75, 3.05) is 0 Å². The lowest BCUT2D eigenvalue weighted by atomic mass is 10.0. The molecule has 132 valence electrons. The summed E-state index contributed by atoms with van der Waals surface area (Å²) in [4.78, 5) is 0. The summed E-state index contributed by atoms with van der Waals surface area (Å²) in [6.45, 7) is 2.26. The Balaban J connectivity index is 1.62. The van der Waals surface area contributed by atoms with Crippen molar-refractivity contribution in [3.05, 3.63) is 81.8 Å². The Hall–Kier alpha value is -2.04. The maximum atomic E-state index is 3.51. The molecule has 1 aromatic rings. The highest BCUT2D eigenvalue weighted by atomic mass is 79.9. The van der Waals surface area contributed by atoms with Gasteiger partial charge < -0.3 is 0 Å². The summed E-state index contributed by atoms with van der Waals surface area (Å²) in [7, 11) is 0. The predicted octanol–water partition coefficient (Wildman–Crippen LogP) is 7.47. The van der Waals surface area contributed by atoms with Gasteiger partial charge in [-0.25, -0.2) is 0 Å². The summed E-state index contributed by atoms with van der Waals surface area (Å²) in [6.07, 6.45) is 7.84. The molecule has 26 heavy (non-hydrogen) atoms. The van der Waals surface area contributed by atoms with Gasteiger partial charge in [0.2, 0.25) is 0 Å². The lowest BCUT2D eigenvalue weighted by molar-refractivity contribution is 0.632. The Bertz CT molecular complexity index is 831. The Labute approximate surface area is 166 Å². The third kappa shape index (κ3) is 5.48. The predicted molar refractivity (Wildman–Crippen MR) is 116 cm³/mol. The number of hydrogen-bond acceptors (Lipinski definition) is 0. The number of aryl methyl sites for hydroxylation is 1. The van der Waals surface area contributed by atoms with Gasteiger partial charge in [-0.3, -0.25) is 0 Å². The normalized spacial score (nSPS) is 10.5. The second-order valence-electron chi connectivity index (χ2n) is 6.82. The topological polar surface area (TPSA) is 0 Å². The van der Waals surface area contributed by atoms with Crippen molar-refractivity contribution in [3.8, 4) is 23.0 Å². The van der Waals surface area contributed by atoms with E-state index in [9.17, 15) is 0 Å². The van der Waals surface area contributed by atoms with Crippen LogP contribution in [0.4, 0.5) is 0 Å². The zero-order valence-electron chi connectivity index (χ0n) is 15.4. The third-order valence-electron chi connectivity index (χ3n) is 4.67. The Morgan fingerprint density at radius 3 is 1.96 bits per heavy atom. The standard InChI is InChI=1S/C25H25Br/c1-2-3-4-5-6-7-20-8-10-21(11-9-20)12-13-22-18-23-14-16-25(26)17-15-24(23)19-22/h8-11,14-19H,2-7H2,1H3. The van der Waals surface area contributed by atoms with E-state index in [4.69, 9.17) is 0 Å². The van der Waals surface area contributed by atoms with E-state index in [0.717, 1.165) is 15.6 Å². The molecule has 0 aromatic heterocycles. The van der Waals surface area contributed by atoms with Crippen molar-refractivity contribution < 1.29 is 0 Å². The fourth-order valence-corrected chi connectivity index (χ4v) is 3.39. The van der Waals surface area contributed by atoms with Gasteiger partial charge in [-0.1, -0.05) is 84.6 Å². The smallest absolute Gasteiger partial charge is 0.0261 e. The van der Waals surface area contributed by atoms with Crippen LogP contribution in [0.3, 0.4) is 0 Å². The largest absolute Gasteiger partial charge is 0.0654 e. The van der Waals surface area contributed by atoms with E-state index in [2.05, 4.69) is 95.4 Å². The van der Waals surface area contributed by atoms with Crippen LogP contribution >= 0.6 is 15.9 Å². The highest BCUT2D eigenvalue weighted by Gasteiger charge is 2.03. The minimum Gasteiger partial charge on any atom is -0.0654 e. The molecule has 0 bridgehead atoms. The highest BCUT2D eigenvalue weighted by molar-refractivity contribution is 9.10. The molecule has 0 amide bonds. The van der Waals surface area contributed by atoms with Crippen molar-refractivity contribution in [1.29, 1.82) is 0 Å². The lowest BCUT2D eigenvalue weighted by Crippen LogP contribution is -1.86. The first-order valence-corrected chi connectivity index (χ1v) is 10.3. The number of rotatable bonds is 6.